The number of benzene rings is 1. The number of carbonyl (C=O) groups excluding carboxylic acids is 1. The lowest BCUT2D eigenvalue weighted by Gasteiger charge is -2.14. The molecule has 2 atom stereocenters. The number of halogens is 1. The van der Waals surface area contributed by atoms with E-state index in [1.54, 1.807) is 20.8 Å². The molecule has 0 aliphatic rings. The van der Waals surface area contributed by atoms with E-state index in [1.165, 1.54) is 18.2 Å². The molecule has 0 radical (unpaired) electrons. The van der Waals surface area contributed by atoms with Gasteiger partial charge in [0.05, 0.1) is 5.69 Å². The molecule has 18 heavy (non-hydrogen) atoms. The Hall–Kier alpha value is -1.43. The summed E-state index contributed by atoms with van der Waals surface area (Å²) in [7, 11) is -1.30. The van der Waals surface area contributed by atoms with Crippen molar-refractivity contribution < 1.29 is 13.4 Å². The van der Waals surface area contributed by atoms with Crippen molar-refractivity contribution in [3.8, 4) is 0 Å². The molecule has 1 amide bonds. The first-order valence-corrected chi connectivity index (χ1v) is 6.85. The van der Waals surface area contributed by atoms with E-state index in [9.17, 15) is 13.4 Å². The molecule has 1 rings (SSSR count). The highest BCUT2D eigenvalue weighted by molar-refractivity contribution is 7.87. The summed E-state index contributed by atoms with van der Waals surface area (Å²) in [4.78, 5) is 11.8. The van der Waals surface area contributed by atoms with Crippen LogP contribution in [0.4, 0.5) is 15.8 Å². The fourth-order valence-corrected chi connectivity index (χ4v) is 2.47. The van der Waals surface area contributed by atoms with Gasteiger partial charge in [0.15, 0.2) is 0 Å². The fraction of sp³-hybridized carbons (Fsp3) is 0.417. The maximum Gasteiger partial charge on any atom is 0.239 e. The summed E-state index contributed by atoms with van der Waals surface area (Å²) in [6, 6.07) is 3.91. The van der Waals surface area contributed by atoms with Crippen LogP contribution in [0.2, 0.25) is 0 Å². The van der Waals surface area contributed by atoms with Crippen LogP contribution in [0.1, 0.15) is 20.8 Å². The van der Waals surface area contributed by atoms with Gasteiger partial charge in [-0.05, 0) is 25.1 Å². The monoisotopic (exact) mass is 272 g/mol. The summed E-state index contributed by atoms with van der Waals surface area (Å²) in [5, 5.41) is 1.57. The smallest absolute Gasteiger partial charge is 0.239 e. The summed E-state index contributed by atoms with van der Waals surface area (Å²) in [6.07, 6.45) is 0. The molecule has 0 bridgehead atoms. The third-order valence-corrected chi connectivity index (χ3v) is 4.27. The number of nitrogens with two attached hydrogens (primary N) is 1. The lowest BCUT2D eigenvalue weighted by Crippen LogP contribution is -2.32. The molecule has 0 spiro atoms. The Bertz CT molecular complexity index is 477. The van der Waals surface area contributed by atoms with Crippen LogP contribution in [0.15, 0.2) is 18.2 Å². The van der Waals surface area contributed by atoms with Crippen molar-refractivity contribution in [1.29, 1.82) is 0 Å². The molecule has 6 heteroatoms. The van der Waals surface area contributed by atoms with Gasteiger partial charge in [-0.2, -0.15) is 0 Å². The average molecular weight is 272 g/mol. The van der Waals surface area contributed by atoms with E-state index in [4.69, 9.17) is 5.73 Å². The van der Waals surface area contributed by atoms with Crippen LogP contribution < -0.4 is 11.1 Å². The molecule has 0 aliphatic carbocycles. The zero-order valence-corrected chi connectivity index (χ0v) is 11.4. The first-order valence-electron chi connectivity index (χ1n) is 5.58. The lowest BCUT2D eigenvalue weighted by molar-refractivity contribution is -0.115. The van der Waals surface area contributed by atoms with Gasteiger partial charge >= 0.3 is 0 Å². The maximum atomic E-state index is 13.4. The van der Waals surface area contributed by atoms with Gasteiger partial charge in [-0.15, -0.1) is 0 Å². The SMILES string of the molecule is CC(C)S(=O)C(C)C(=O)Nc1cc(N)ccc1F. The zero-order chi connectivity index (χ0) is 13.9. The first kappa shape index (κ1) is 14.6. The van der Waals surface area contributed by atoms with E-state index in [1.807, 2.05) is 0 Å². The molecule has 2 unspecified atom stereocenters. The van der Waals surface area contributed by atoms with Crippen LogP contribution in [-0.2, 0) is 15.6 Å². The van der Waals surface area contributed by atoms with Crippen molar-refractivity contribution >= 4 is 28.1 Å². The van der Waals surface area contributed by atoms with Crippen LogP contribution >= 0.6 is 0 Å². The second-order valence-electron chi connectivity index (χ2n) is 4.25. The molecule has 1 aromatic rings. The Balaban J connectivity index is 2.81. The van der Waals surface area contributed by atoms with Crippen molar-refractivity contribution in [3.63, 3.8) is 0 Å². The second kappa shape index (κ2) is 5.95. The minimum Gasteiger partial charge on any atom is -0.399 e. The molecule has 0 saturated carbocycles. The topological polar surface area (TPSA) is 72.2 Å². The van der Waals surface area contributed by atoms with Crippen molar-refractivity contribution in [2.75, 3.05) is 11.1 Å². The van der Waals surface area contributed by atoms with Gasteiger partial charge in [0, 0.05) is 21.7 Å². The van der Waals surface area contributed by atoms with Crippen LogP contribution in [0.25, 0.3) is 0 Å². The van der Waals surface area contributed by atoms with Crippen LogP contribution in [0, 0.1) is 5.82 Å². The van der Waals surface area contributed by atoms with Crippen LogP contribution in [0.3, 0.4) is 0 Å². The second-order valence-corrected chi connectivity index (χ2v) is 6.56. The summed E-state index contributed by atoms with van der Waals surface area (Å²) in [5.74, 6) is -1.05. The van der Waals surface area contributed by atoms with Crippen LogP contribution in [0.5, 0.6) is 0 Å². The Labute approximate surface area is 108 Å². The number of amides is 1. The third-order valence-electron chi connectivity index (χ3n) is 2.43. The molecule has 100 valence electrons. The fourth-order valence-electron chi connectivity index (χ4n) is 1.39. The van der Waals surface area contributed by atoms with Gasteiger partial charge in [0.1, 0.15) is 11.1 Å². The molecular formula is C12H17FN2O2S. The molecule has 4 nitrogen and oxygen atoms in total. The molecule has 0 fully saturated rings. The predicted molar refractivity (Wildman–Crippen MR) is 72.2 cm³/mol. The molecule has 0 saturated heterocycles. The lowest BCUT2D eigenvalue weighted by atomic mass is 10.2. The number of carbonyl (C=O) groups is 1. The molecule has 3 N–H and O–H groups in total. The number of nitrogens with one attached hydrogen (secondary N) is 1. The largest absolute Gasteiger partial charge is 0.399 e. The number of hydrogen-bond acceptors (Lipinski definition) is 3. The third kappa shape index (κ3) is 3.53. The number of nitrogen functional groups attached to an aromatic ring is 1. The Morgan fingerprint density at radius 1 is 1.39 bits per heavy atom. The van der Waals surface area contributed by atoms with Crippen molar-refractivity contribution in [2.24, 2.45) is 0 Å². The molecule has 0 aliphatic heterocycles. The Morgan fingerprint density at radius 3 is 2.56 bits per heavy atom. The summed E-state index contributed by atoms with van der Waals surface area (Å²) in [6.45, 7) is 5.08. The summed E-state index contributed by atoms with van der Waals surface area (Å²) < 4.78 is 25.2. The highest BCUT2D eigenvalue weighted by atomic mass is 32.2. The highest BCUT2D eigenvalue weighted by Gasteiger charge is 2.23. The van der Waals surface area contributed by atoms with E-state index < -0.39 is 27.8 Å². The van der Waals surface area contributed by atoms with Crippen molar-refractivity contribution in [3.05, 3.63) is 24.0 Å². The van der Waals surface area contributed by atoms with E-state index >= 15 is 0 Å². The van der Waals surface area contributed by atoms with E-state index in [-0.39, 0.29) is 10.9 Å². The molecule has 0 aromatic heterocycles. The van der Waals surface area contributed by atoms with Gasteiger partial charge in [-0.1, -0.05) is 13.8 Å². The maximum absolute atomic E-state index is 13.4. The summed E-state index contributed by atoms with van der Waals surface area (Å²) in [5.41, 5.74) is 5.87. The van der Waals surface area contributed by atoms with Gasteiger partial charge in [-0.25, -0.2) is 4.39 Å². The van der Waals surface area contributed by atoms with Gasteiger partial charge in [-0.3, -0.25) is 9.00 Å². The normalized spacial score (nSPS) is 14.3. The number of rotatable bonds is 4. The molecule has 1 aromatic carbocycles. The number of hydrogen-bond donors (Lipinski definition) is 2. The quantitative estimate of drug-likeness (QED) is 0.822. The predicted octanol–water partition coefficient (Wildman–Crippen LogP) is 1.89. The minimum atomic E-state index is -1.30. The minimum absolute atomic E-state index is 0.00704. The molecule has 0 heterocycles. The average Bonchev–Trinajstić information content (AvgIpc) is 2.31. The standard InChI is InChI=1S/C12H17FN2O2S/c1-7(2)18(17)8(3)12(16)15-11-6-9(14)4-5-10(11)13/h4-8H,14H2,1-3H3,(H,15,16). The van der Waals surface area contributed by atoms with E-state index in [0.29, 0.717) is 5.69 Å². The van der Waals surface area contributed by atoms with E-state index in [0.717, 1.165) is 0 Å². The molecular weight excluding hydrogens is 255 g/mol. The number of anilines is 2. The van der Waals surface area contributed by atoms with E-state index in [2.05, 4.69) is 5.32 Å². The Kier molecular flexibility index (Phi) is 4.84. The summed E-state index contributed by atoms with van der Waals surface area (Å²) >= 11 is 0. The van der Waals surface area contributed by atoms with Gasteiger partial charge < -0.3 is 11.1 Å². The first-order chi connectivity index (χ1) is 8.32. The van der Waals surface area contributed by atoms with Gasteiger partial charge in [0.2, 0.25) is 5.91 Å². The highest BCUT2D eigenvalue weighted by Crippen LogP contribution is 2.18. The zero-order valence-electron chi connectivity index (χ0n) is 10.6. The van der Waals surface area contributed by atoms with Gasteiger partial charge in [0.25, 0.3) is 0 Å². The Morgan fingerprint density at radius 2 is 2.00 bits per heavy atom. The van der Waals surface area contributed by atoms with Crippen LogP contribution in [-0.4, -0.2) is 20.6 Å². The van der Waals surface area contributed by atoms with Crippen molar-refractivity contribution in [1.82, 2.24) is 0 Å². The van der Waals surface area contributed by atoms with Crippen molar-refractivity contribution in [2.45, 2.75) is 31.3 Å².